The van der Waals surface area contributed by atoms with Gasteiger partial charge in [0.25, 0.3) is 0 Å². The van der Waals surface area contributed by atoms with E-state index in [4.69, 9.17) is 4.74 Å². The number of hydrogen-bond donors (Lipinski definition) is 3. The summed E-state index contributed by atoms with van der Waals surface area (Å²) < 4.78 is 5.22. The van der Waals surface area contributed by atoms with Crippen molar-refractivity contribution in [2.75, 3.05) is 7.11 Å². The number of carbonyl (C=O) groups excluding carboxylic acids is 2. The quantitative estimate of drug-likeness (QED) is 0.564. The first-order valence-electron chi connectivity index (χ1n) is 9.42. The number of amides is 2. The number of Topliss-reactive ketones (excluding diaryl/α,β-unsaturated/α-hetero) is 1. The summed E-state index contributed by atoms with van der Waals surface area (Å²) in [5.41, 5.74) is 2.70. The second-order valence-corrected chi connectivity index (χ2v) is 6.81. The van der Waals surface area contributed by atoms with Crippen molar-refractivity contribution in [3.63, 3.8) is 0 Å². The highest BCUT2D eigenvalue weighted by atomic mass is 16.5. The number of ether oxygens (including phenoxy) is 1. The normalized spacial score (nSPS) is 15.9. The van der Waals surface area contributed by atoms with Crippen LogP contribution in [0.2, 0.25) is 0 Å². The van der Waals surface area contributed by atoms with Gasteiger partial charge in [-0.2, -0.15) is 0 Å². The predicted molar refractivity (Wildman–Crippen MR) is 113 cm³/mol. The van der Waals surface area contributed by atoms with Crippen LogP contribution < -0.4 is 15.4 Å². The summed E-state index contributed by atoms with van der Waals surface area (Å²) in [5, 5.41) is 15.6. The molecule has 6 heteroatoms. The Balaban J connectivity index is 1.93. The van der Waals surface area contributed by atoms with Gasteiger partial charge in [0.2, 0.25) is 0 Å². The van der Waals surface area contributed by atoms with E-state index >= 15 is 0 Å². The molecule has 150 valence electrons. The summed E-state index contributed by atoms with van der Waals surface area (Å²) in [6.45, 7) is 0. The molecule has 0 fully saturated rings. The number of methoxy groups -OCH3 is 1. The van der Waals surface area contributed by atoms with Crippen LogP contribution in [-0.4, -0.2) is 24.0 Å². The van der Waals surface area contributed by atoms with Crippen molar-refractivity contribution in [1.29, 1.82) is 0 Å². The van der Waals surface area contributed by atoms with Crippen LogP contribution in [-0.2, 0) is 0 Å². The molecule has 4 rings (SSSR count). The van der Waals surface area contributed by atoms with Crippen LogP contribution in [0.15, 0.2) is 84.4 Å². The Bertz CT molecular complexity index is 1120. The number of phenolic OH excluding ortho intramolecular Hbond substituents is 1. The van der Waals surface area contributed by atoms with Crippen LogP contribution in [0.1, 0.15) is 27.5 Å². The molecule has 3 N–H and O–H groups in total. The third kappa shape index (κ3) is 3.63. The molecular formula is C24H20N2O4. The molecule has 6 nitrogen and oxygen atoms in total. The molecule has 0 unspecified atom stereocenters. The Morgan fingerprint density at radius 2 is 1.63 bits per heavy atom. The second kappa shape index (κ2) is 8.13. The lowest BCUT2D eigenvalue weighted by molar-refractivity contribution is 0.102. The van der Waals surface area contributed by atoms with E-state index in [0.29, 0.717) is 22.4 Å². The Morgan fingerprint density at radius 1 is 0.967 bits per heavy atom. The summed E-state index contributed by atoms with van der Waals surface area (Å²) in [6, 6.07) is 21.8. The van der Waals surface area contributed by atoms with Crippen LogP contribution in [0, 0.1) is 0 Å². The molecular weight excluding hydrogens is 380 g/mol. The van der Waals surface area contributed by atoms with Crippen molar-refractivity contribution in [3.05, 3.63) is 101 Å². The van der Waals surface area contributed by atoms with Gasteiger partial charge in [-0.15, -0.1) is 0 Å². The number of rotatable bonds is 5. The van der Waals surface area contributed by atoms with Crippen molar-refractivity contribution in [3.8, 4) is 11.5 Å². The summed E-state index contributed by atoms with van der Waals surface area (Å²) in [7, 11) is 1.45. The first kappa shape index (κ1) is 19.3. The average molecular weight is 400 g/mol. The second-order valence-electron chi connectivity index (χ2n) is 6.81. The molecule has 0 aromatic heterocycles. The molecule has 0 spiro atoms. The van der Waals surface area contributed by atoms with Gasteiger partial charge in [0.05, 0.1) is 24.4 Å². The molecule has 3 aromatic rings. The molecule has 0 bridgehead atoms. The summed E-state index contributed by atoms with van der Waals surface area (Å²) in [5.74, 6) is 0.0248. The van der Waals surface area contributed by atoms with Gasteiger partial charge < -0.3 is 20.5 Å². The standard InChI is InChI=1S/C24H20N2O4/c1-30-19-14-17(12-13-18(19)27)22-20(23(28)16-10-6-3-7-11-16)21(25-24(29)26-22)15-8-4-2-5-9-15/h2-14,22,27H,1H3,(H2,25,26,29)/t22-/m1/s1. The summed E-state index contributed by atoms with van der Waals surface area (Å²) in [4.78, 5) is 26.1. The minimum Gasteiger partial charge on any atom is -0.504 e. The van der Waals surface area contributed by atoms with Crippen LogP contribution in [0.5, 0.6) is 11.5 Å². The molecule has 1 aliphatic heterocycles. The van der Waals surface area contributed by atoms with Crippen molar-refractivity contribution in [2.24, 2.45) is 0 Å². The van der Waals surface area contributed by atoms with Gasteiger partial charge in [-0.05, 0) is 23.3 Å². The Morgan fingerprint density at radius 3 is 2.30 bits per heavy atom. The molecule has 1 atom stereocenters. The van der Waals surface area contributed by atoms with E-state index in [9.17, 15) is 14.7 Å². The van der Waals surface area contributed by atoms with Crippen molar-refractivity contribution in [2.45, 2.75) is 6.04 Å². The molecule has 2 amide bonds. The SMILES string of the molecule is COc1cc([C@H]2NC(=O)NC(c3ccccc3)=C2C(=O)c2ccccc2)ccc1O. The van der Waals surface area contributed by atoms with Gasteiger partial charge in [0.1, 0.15) is 0 Å². The highest BCUT2D eigenvalue weighted by molar-refractivity contribution is 6.16. The topological polar surface area (TPSA) is 87.7 Å². The van der Waals surface area contributed by atoms with Crippen molar-refractivity contribution >= 4 is 17.5 Å². The Kier molecular flexibility index (Phi) is 5.22. The first-order chi connectivity index (χ1) is 14.6. The smallest absolute Gasteiger partial charge is 0.320 e. The van der Waals surface area contributed by atoms with E-state index in [1.54, 1.807) is 36.4 Å². The largest absolute Gasteiger partial charge is 0.504 e. The first-order valence-corrected chi connectivity index (χ1v) is 9.42. The van der Waals surface area contributed by atoms with Gasteiger partial charge >= 0.3 is 6.03 Å². The molecule has 1 heterocycles. The maximum atomic E-state index is 13.6. The summed E-state index contributed by atoms with van der Waals surface area (Å²) in [6.07, 6.45) is 0. The van der Waals surface area contributed by atoms with Gasteiger partial charge in [0, 0.05) is 5.56 Å². The molecule has 0 saturated heterocycles. The molecule has 0 radical (unpaired) electrons. The average Bonchev–Trinajstić information content (AvgIpc) is 2.79. The lowest BCUT2D eigenvalue weighted by Crippen LogP contribution is -2.45. The highest BCUT2D eigenvalue weighted by Gasteiger charge is 2.34. The number of benzene rings is 3. The fourth-order valence-corrected chi connectivity index (χ4v) is 3.51. The third-order valence-electron chi connectivity index (χ3n) is 4.95. The number of urea groups is 1. The minimum atomic E-state index is -0.726. The van der Waals surface area contributed by atoms with Gasteiger partial charge in [-0.3, -0.25) is 4.79 Å². The van der Waals surface area contributed by atoms with E-state index in [-0.39, 0.29) is 17.3 Å². The number of hydrogen-bond acceptors (Lipinski definition) is 4. The van der Waals surface area contributed by atoms with E-state index in [0.717, 1.165) is 5.56 Å². The number of carbonyl (C=O) groups is 2. The minimum absolute atomic E-state index is 0.0234. The van der Waals surface area contributed by atoms with E-state index in [2.05, 4.69) is 10.6 Å². The van der Waals surface area contributed by atoms with Crippen LogP contribution in [0.3, 0.4) is 0 Å². The third-order valence-corrected chi connectivity index (χ3v) is 4.95. The van der Waals surface area contributed by atoms with Crippen LogP contribution >= 0.6 is 0 Å². The lowest BCUT2D eigenvalue weighted by atomic mass is 9.87. The fraction of sp³-hybridized carbons (Fsp3) is 0.0833. The van der Waals surface area contributed by atoms with Crippen molar-refractivity contribution in [1.82, 2.24) is 10.6 Å². The zero-order chi connectivity index (χ0) is 21.1. The zero-order valence-corrected chi connectivity index (χ0v) is 16.3. The van der Waals surface area contributed by atoms with Gasteiger partial charge in [0.15, 0.2) is 17.3 Å². The number of nitrogens with one attached hydrogen (secondary N) is 2. The van der Waals surface area contributed by atoms with Gasteiger partial charge in [-0.1, -0.05) is 66.7 Å². The van der Waals surface area contributed by atoms with E-state index in [1.807, 2.05) is 36.4 Å². The van der Waals surface area contributed by atoms with E-state index in [1.165, 1.54) is 13.2 Å². The van der Waals surface area contributed by atoms with E-state index < -0.39 is 12.1 Å². The molecule has 1 aliphatic rings. The highest BCUT2D eigenvalue weighted by Crippen LogP contribution is 2.36. The predicted octanol–water partition coefficient (Wildman–Crippen LogP) is 4.05. The lowest BCUT2D eigenvalue weighted by Gasteiger charge is -2.30. The zero-order valence-electron chi connectivity index (χ0n) is 16.3. The summed E-state index contributed by atoms with van der Waals surface area (Å²) >= 11 is 0. The van der Waals surface area contributed by atoms with Crippen LogP contribution in [0.25, 0.3) is 5.70 Å². The maximum absolute atomic E-state index is 13.6. The number of phenols is 1. The van der Waals surface area contributed by atoms with Gasteiger partial charge in [-0.25, -0.2) is 4.79 Å². The molecule has 3 aromatic carbocycles. The molecule has 0 saturated carbocycles. The van der Waals surface area contributed by atoms with Crippen LogP contribution in [0.4, 0.5) is 4.79 Å². The Labute approximate surface area is 173 Å². The monoisotopic (exact) mass is 400 g/mol. The van der Waals surface area contributed by atoms with Crippen molar-refractivity contribution < 1.29 is 19.4 Å². The Hall–Kier alpha value is -4.06. The molecule has 0 aliphatic carbocycles. The number of aromatic hydroxyl groups is 1. The number of ketones is 1. The fourth-order valence-electron chi connectivity index (χ4n) is 3.51. The molecule has 30 heavy (non-hydrogen) atoms. The maximum Gasteiger partial charge on any atom is 0.320 e.